The predicted octanol–water partition coefficient (Wildman–Crippen LogP) is 6.89. The van der Waals surface area contributed by atoms with Crippen LogP contribution in [0, 0.1) is 3.57 Å². The zero-order chi connectivity index (χ0) is 25.9. The number of fused-ring (bicyclic) bond motifs is 1. The molecule has 0 saturated carbocycles. The van der Waals surface area contributed by atoms with Crippen LogP contribution in [0.15, 0.2) is 89.0 Å². The normalized spacial score (nSPS) is 14.4. The van der Waals surface area contributed by atoms with Crippen molar-refractivity contribution >= 4 is 67.3 Å². The Hall–Kier alpha value is -3.37. The SMILES string of the molecule is COc1cc(/C=C2/NC(=O)N(Cc3ccc(Br)cc3)C2=O)cc(I)c1OCc1cccc2ccccc12. The molecule has 0 radical (unpaired) electrons. The first-order valence-electron chi connectivity index (χ1n) is 11.5. The van der Waals surface area contributed by atoms with Gasteiger partial charge < -0.3 is 14.8 Å². The third-order valence-electron chi connectivity index (χ3n) is 6.03. The molecule has 5 rings (SSSR count). The fraction of sp³-hybridized carbons (Fsp3) is 0.103. The average molecular weight is 669 g/mol. The van der Waals surface area contributed by atoms with Gasteiger partial charge >= 0.3 is 6.03 Å². The van der Waals surface area contributed by atoms with Crippen LogP contribution in [-0.4, -0.2) is 23.9 Å². The molecule has 0 bridgehead atoms. The van der Waals surface area contributed by atoms with E-state index in [0.29, 0.717) is 23.7 Å². The predicted molar refractivity (Wildman–Crippen MR) is 155 cm³/mol. The van der Waals surface area contributed by atoms with Crippen molar-refractivity contribution in [2.75, 3.05) is 7.11 Å². The van der Waals surface area contributed by atoms with Gasteiger partial charge in [0.05, 0.1) is 17.2 Å². The number of imide groups is 1. The van der Waals surface area contributed by atoms with E-state index in [9.17, 15) is 9.59 Å². The summed E-state index contributed by atoms with van der Waals surface area (Å²) in [6.45, 7) is 0.574. The molecule has 1 aliphatic heterocycles. The Kier molecular flexibility index (Phi) is 7.48. The van der Waals surface area contributed by atoms with Crippen molar-refractivity contribution in [1.82, 2.24) is 10.2 Å². The van der Waals surface area contributed by atoms with E-state index < -0.39 is 6.03 Å². The van der Waals surface area contributed by atoms with Crippen LogP contribution in [0.4, 0.5) is 4.79 Å². The molecule has 1 N–H and O–H groups in total. The van der Waals surface area contributed by atoms with Crippen LogP contribution < -0.4 is 14.8 Å². The second kappa shape index (κ2) is 10.9. The van der Waals surface area contributed by atoms with Gasteiger partial charge in [-0.05, 0) is 80.4 Å². The van der Waals surface area contributed by atoms with E-state index in [0.717, 1.165) is 29.9 Å². The van der Waals surface area contributed by atoms with Gasteiger partial charge in [-0.2, -0.15) is 0 Å². The molecule has 1 saturated heterocycles. The minimum Gasteiger partial charge on any atom is -0.493 e. The highest BCUT2D eigenvalue weighted by Crippen LogP contribution is 2.36. The van der Waals surface area contributed by atoms with E-state index in [1.807, 2.05) is 48.5 Å². The number of ether oxygens (including phenoxy) is 2. The fourth-order valence-electron chi connectivity index (χ4n) is 4.19. The lowest BCUT2D eigenvalue weighted by molar-refractivity contribution is -0.123. The van der Waals surface area contributed by atoms with Crippen LogP contribution in [-0.2, 0) is 17.9 Å². The van der Waals surface area contributed by atoms with Crippen LogP contribution in [0.1, 0.15) is 16.7 Å². The first-order valence-corrected chi connectivity index (χ1v) is 13.4. The number of benzene rings is 4. The summed E-state index contributed by atoms with van der Waals surface area (Å²) < 4.78 is 13.6. The molecule has 1 fully saturated rings. The molecule has 1 heterocycles. The van der Waals surface area contributed by atoms with Gasteiger partial charge in [0.15, 0.2) is 11.5 Å². The first-order chi connectivity index (χ1) is 17.9. The molecule has 4 aromatic carbocycles. The number of methoxy groups -OCH3 is 1. The Bertz CT molecular complexity index is 1530. The third kappa shape index (κ3) is 5.50. The fourth-order valence-corrected chi connectivity index (χ4v) is 5.23. The van der Waals surface area contributed by atoms with Gasteiger partial charge in [0.1, 0.15) is 12.3 Å². The molecule has 0 aromatic heterocycles. The number of carbonyl (C=O) groups excluding carboxylic acids is 2. The molecule has 3 amide bonds. The number of urea groups is 1. The second-order valence-electron chi connectivity index (χ2n) is 8.47. The largest absolute Gasteiger partial charge is 0.493 e. The Balaban J connectivity index is 1.36. The highest BCUT2D eigenvalue weighted by molar-refractivity contribution is 14.1. The molecule has 8 heteroatoms. The molecule has 6 nitrogen and oxygen atoms in total. The average Bonchev–Trinajstić information content (AvgIpc) is 3.16. The number of nitrogens with zero attached hydrogens (tertiary/aromatic N) is 1. The molecule has 186 valence electrons. The summed E-state index contributed by atoms with van der Waals surface area (Å²) in [6, 6.07) is 25.1. The van der Waals surface area contributed by atoms with E-state index in [2.05, 4.69) is 68.1 Å². The molecule has 1 aliphatic rings. The van der Waals surface area contributed by atoms with Crippen molar-refractivity contribution in [3.63, 3.8) is 0 Å². The lowest BCUT2D eigenvalue weighted by Crippen LogP contribution is -2.30. The molecular weight excluding hydrogens is 647 g/mol. The molecule has 37 heavy (non-hydrogen) atoms. The van der Waals surface area contributed by atoms with Crippen molar-refractivity contribution in [2.24, 2.45) is 0 Å². The summed E-state index contributed by atoms with van der Waals surface area (Å²) in [5, 5.41) is 4.98. The van der Waals surface area contributed by atoms with Crippen LogP contribution in [0.2, 0.25) is 0 Å². The van der Waals surface area contributed by atoms with Gasteiger partial charge in [0.25, 0.3) is 5.91 Å². The van der Waals surface area contributed by atoms with Crippen molar-refractivity contribution in [3.05, 3.63) is 109 Å². The molecule has 0 spiro atoms. The molecule has 4 aromatic rings. The smallest absolute Gasteiger partial charge is 0.329 e. The Labute approximate surface area is 236 Å². The summed E-state index contributed by atoms with van der Waals surface area (Å²) in [5.41, 5.74) is 2.86. The van der Waals surface area contributed by atoms with Gasteiger partial charge in [0, 0.05) is 4.47 Å². The van der Waals surface area contributed by atoms with Crippen molar-refractivity contribution < 1.29 is 19.1 Å². The van der Waals surface area contributed by atoms with E-state index in [-0.39, 0.29) is 18.1 Å². The van der Waals surface area contributed by atoms with Crippen molar-refractivity contribution in [1.29, 1.82) is 0 Å². The topological polar surface area (TPSA) is 67.9 Å². The Morgan fingerprint density at radius 3 is 2.54 bits per heavy atom. The Morgan fingerprint density at radius 2 is 1.76 bits per heavy atom. The minimum absolute atomic E-state index is 0.192. The van der Waals surface area contributed by atoms with E-state index in [1.54, 1.807) is 19.3 Å². The van der Waals surface area contributed by atoms with Crippen LogP contribution in [0.25, 0.3) is 16.8 Å². The van der Waals surface area contributed by atoms with E-state index in [1.165, 1.54) is 4.90 Å². The van der Waals surface area contributed by atoms with Crippen molar-refractivity contribution in [3.8, 4) is 11.5 Å². The number of amides is 3. The van der Waals surface area contributed by atoms with Crippen LogP contribution >= 0.6 is 38.5 Å². The van der Waals surface area contributed by atoms with Crippen molar-refractivity contribution in [2.45, 2.75) is 13.2 Å². The summed E-state index contributed by atoms with van der Waals surface area (Å²) in [6.07, 6.45) is 1.65. The van der Waals surface area contributed by atoms with Gasteiger partial charge in [-0.25, -0.2) is 4.79 Å². The zero-order valence-electron chi connectivity index (χ0n) is 19.8. The van der Waals surface area contributed by atoms with Gasteiger partial charge in [-0.15, -0.1) is 0 Å². The second-order valence-corrected chi connectivity index (χ2v) is 10.5. The molecule has 0 atom stereocenters. The number of halogens is 2. The number of rotatable bonds is 7. The Morgan fingerprint density at radius 1 is 1.00 bits per heavy atom. The van der Waals surface area contributed by atoms with E-state index in [4.69, 9.17) is 9.47 Å². The number of hydrogen-bond donors (Lipinski definition) is 1. The number of nitrogens with one attached hydrogen (secondary N) is 1. The van der Waals surface area contributed by atoms with Gasteiger partial charge in [-0.3, -0.25) is 9.69 Å². The third-order valence-corrected chi connectivity index (χ3v) is 7.36. The summed E-state index contributed by atoms with van der Waals surface area (Å²) in [7, 11) is 1.58. The lowest BCUT2D eigenvalue weighted by Gasteiger charge is -2.15. The number of carbonyl (C=O) groups is 2. The van der Waals surface area contributed by atoms with Gasteiger partial charge in [0.2, 0.25) is 0 Å². The lowest BCUT2D eigenvalue weighted by atomic mass is 10.1. The van der Waals surface area contributed by atoms with Crippen LogP contribution in [0.5, 0.6) is 11.5 Å². The minimum atomic E-state index is -0.448. The van der Waals surface area contributed by atoms with Gasteiger partial charge in [-0.1, -0.05) is 70.5 Å². The summed E-state index contributed by atoms with van der Waals surface area (Å²) in [5.74, 6) is 0.789. The maximum absolute atomic E-state index is 13.0. The summed E-state index contributed by atoms with van der Waals surface area (Å²) in [4.78, 5) is 26.7. The highest BCUT2D eigenvalue weighted by Gasteiger charge is 2.33. The molecule has 0 unspecified atom stereocenters. The molecular formula is C29H22BrIN2O4. The first kappa shape index (κ1) is 25.3. The standard InChI is InChI=1S/C29H22BrIN2O4/c1-36-26-15-19(14-25-28(34)33(29(35)32-25)16-18-9-11-22(30)12-10-18)13-24(31)27(26)37-17-21-7-4-6-20-5-2-3-8-23(20)21/h2-15H,16-17H2,1H3,(H,32,35)/b25-14+. The zero-order valence-corrected chi connectivity index (χ0v) is 23.6. The van der Waals surface area contributed by atoms with Crippen LogP contribution in [0.3, 0.4) is 0 Å². The quantitative estimate of drug-likeness (QED) is 0.132. The summed E-state index contributed by atoms with van der Waals surface area (Å²) >= 11 is 5.59. The number of hydrogen-bond acceptors (Lipinski definition) is 4. The maximum Gasteiger partial charge on any atom is 0.329 e. The van der Waals surface area contributed by atoms with E-state index >= 15 is 0 Å². The monoisotopic (exact) mass is 668 g/mol. The highest BCUT2D eigenvalue weighted by atomic mass is 127. The maximum atomic E-state index is 13.0. The molecule has 0 aliphatic carbocycles.